The van der Waals surface area contributed by atoms with E-state index in [4.69, 9.17) is 4.74 Å². The van der Waals surface area contributed by atoms with Crippen LogP contribution in [0.5, 0.6) is 5.75 Å². The zero-order chi connectivity index (χ0) is 16.7. The fraction of sp³-hybridized carbons (Fsp3) is 0.353. The SMILES string of the molecule is CCCNc1cnc(C(=O)Nc2ccccc2OC(C)C)cn1. The number of anilines is 2. The Morgan fingerprint density at radius 1 is 1.22 bits per heavy atom. The lowest BCUT2D eigenvalue weighted by molar-refractivity contribution is 0.102. The summed E-state index contributed by atoms with van der Waals surface area (Å²) in [5.41, 5.74) is 0.868. The van der Waals surface area contributed by atoms with Crippen LogP contribution in [0.3, 0.4) is 0 Å². The molecule has 1 amide bonds. The number of hydrogen-bond acceptors (Lipinski definition) is 5. The highest BCUT2D eigenvalue weighted by molar-refractivity contribution is 6.03. The summed E-state index contributed by atoms with van der Waals surface area (Å²) in [6.07, 6.45) is 4.04. The van der Waals surface area contributed by atoms with E-state index in [1.54, 1.807) is 12.3 Å². The zero-order valence-corrected chi connectivity index (χ0v) is 13.7. The molecule has 0 atom stereocenters. The molecule has 0 bridgehead atoms. The van der Waals surface area contributed by atoms with Crippen molar-refractivity contribution in [2.24, 2.45) is 0 Å². The highest BCUT2D eigenvalue weighted by Crippen LogP contribution is 2.25. The van der Waals surface area contributed by atoms with Crippen LogP contribution in [0.4, 0.5) is 11.5 Å². The van der Waals surface area contributed by atoms with Gasteiger partial charge in [-0.2, -0.15) is 0 Å². The molecule has 0 fully saturated rings. The Kier molecular flexibility index (Phi) is 5.91. The molecule has 0 spiro atoms. The van der Waals surface area contributed by atoms with Gasteiger partial charge in [0, 0.05) is 6.54 Å². The molecule has 6 heteroatoms. The number of nitrogens with zero attached hydrogens (tertiary/aromatic N) is 2. The Morgan fingerprint density at radius 2 is 2.00 bits per heavy atom. The van der Waals surface area contributed by atoms with Crippen LogP contribution in [0.25, 0.3) is 0 Å². The van der Waals surface area contributed by atoms with Gasteiger partial charge in [-0.25, -0.2) is 9.97 Å². The molecule has 0 aliphatic heterocycles. The molecule has 6 nitrogen and oxygen atoms in total. The number of hydrogen-bond donors (Lipinski definition) is 2. The maximum atomic E-state index is 12.3. The lowest BCUT2D eigenvalue weighted by Gasteiger charge is -2.14. The van der Waals surface area contributed by atoms with E-state index in [9.17, 15) is 4.79 Å². The van der Waals surface area contributed by atoms with Crippen LogP contribution in [-0.2, 0) is 0 Å². The maximum absolute atomic E-state index is 12.3. The molecule has 23 heavy (non-hydrogen) atoms. The van der Waals surface area contributed by atoms with Gasteiger partial charge in [0.2, 0.25) is 0 Å². The molecule has 0 radical (unpaired) electrons. The molecule has 0 aliphatic rings. The predicted molar refractivity (Wildman–Crippen MR) is 91.0 cm³/mol. The first-order chi connectivity index (χ1) is 11.1. The van der Waals surface area contributed by atoms with Gasteiger partial charge < -0.3 is 15.4 Å². The quantitative estimate of drug-likeness (QED) is 0.819. The van der Waals surface area contributed by atoms with E-state index in [-0.39, 0.29) is 17.7 Å². The number of nitrogens with one attached hydrogen (secondary N) is 2. The van der Waals surface area contributed by atoms with Crippen molar-refractivity contribution in [3.8, 4) is 5.75 Å². The molecule has 2 rings (SSSR count). The van der Waals surface area contributed by atoms with E-state index in [0.717, 1.165) is 13.0 Å². The van der Waals surface area contributed by atoms with Crippen LogP contribution in [0.2, 0.25) is 0 Å². The summed E-state index contributed by atoms with van der Waals surface area (Å²) >= 11 is 0. The zero-order valence-electron chi connectivity index (χ0n) is 13.7. The fourth-order valence-electron chi connectivity index (χ4n) is 1.90. The Bertz CT molecular complexity index is 641. The van der Waals surface area contributed by atoms with Gasteiger partial charge in [0.15, 0.2) is 0 Å². The number of amides is 1. The van der Waals surface area contributed by atoms with E-state index in [1.807, 2.05) is 32.0 Å². The van der Waals surface area contributed by atoms with Crippen LogP contribution >= 0.6 is 0 Å². The van der Waals surface area contributed by atoms with E-state index in [0.29, 0.717) is 17.3 Å². The first kappa shape index (κ1) is 16.7. The van der Waals surface area contributed by atoms with Gasteiger partial charge in [-0.15, -0.1) is 0 Å². The van der Waals surface area contributed by atoms with Crippen molar-refractivity contribution in [1.29, 1.82) is 0 Å². The number of para-hydroxylation sites is 2. The Hall–Kier alpha value is -2.63. The topological polar surface area (TPSA) is 76.1 Å². The van der Waals surface area contributed by atoms with Crippen molar-refractivity contribution < 1.29 is 9.53 Å². The molecular formula is C17H22N4O2. The van der Waals surface area contributed by atoms with Gasteiger partial charge in [0.25, 0.3) is 5.91 Å². The van der Waals surface area contributed by atoms with Gasteiger partial charge in [-0.05, 0) is 32.4 Å². The average molecular weight is 314 g/mol. The molecule has 0 aliphatic carbocycles. The Labute approximate surface area is 136 Å². The largest absolute Gasteiger partial charge is 0.489 e. The second-order valence-corrected chi connectivity index (χ2v) is 5.33. The molecule has 0 saturated heterocycles. The van der Waals surface area contributed by atoms with E-state index in [1.165, 1.54) is 6.20 Å². The second-order valence-electron chi connectivity index (χ2n) is 5.33. The fourth-order valence-corrected chi connectivity index (χ4v) is 1.90. The number of aromatic nitrogens is 2. The first-order valence-electron chi connectivity index (χ1n) is 7.73. The molecule has 122 valence electrons. The molecule has 2 N–H and O–H groups in total. The van der Waals surface area contributed by atoms with E-state index >= 15 is 0 Å². The third-order valence-corrected chi connectivity index (χ3v) is 2.94. The van der Waals surface area contributed by atoms with E-state index < -0.39 is 0 Å². The Morgan fingerprint density at radius 3 is 2.65 bits per heavy atom. The monoisotopic (exact) mass is 314 g/mol. The van der Waals surface area contributed by atoms with Gasteiger partial charge >= 0.3 is 0 Å². The Balaban J connectivity index is 2.07. The van der Waals surface area contributed by atoms with Gasteiger partial charge in [-0.1, -0.05) is 19.1 Å². The van der Waals surface area contributed by atoms with Crippen molar-refractivity contribution >= 4 is 17.4 Å². The van der Waals surface area contributed by atoms with Crippen LogP contribution in [0.1, 0.15) is 37.7 Å². The molecule has 2 aromatic rings. The van der Waals surface area contributed by atoms with E-state index in [2.05, 4.69) is 27.5 Å². The van der Waals surface area contributed by atoms with Crippen LogP contribution in [0, 0.1) is 0 Å². The summed E-state index contributed by atoms with van der Waals surface area (Å²) in [5, 5.41) is 5.92. The number of carbonyl (C=O) groups is 1. The number of benzene rings is 1. The highest BCUT2D eigenvalue weighted by atomic mass is 16.5. The summed E-state index contributed by atoms with van der Waals surface area (Å²) in [6.45, 7) is 6.76. The summed E-state index contributed by atoms with van der Waals surface area (Å²) in [6, 6.07) is 7.31. The van der Waals surface area contributed by atoms with Crippen molar-refractivity contribution in [3.63, 3.8) is 0 Å². The van der Waals surface area contributed by atoms with Crippen molar-refractivity contribution in [1.82, 2.24) is 9.97 Å². The lowest BCUT2D eigenvalue weighted by Crippen LogP contribution is -2.16. The first-order valence-corrected chi connectivity index (χ1v) is 7.73. The third-order valence-electron chi connectivity index (χ3n) is 2.94. The second kappa shape index (κ2) is 8.12. The number of ether oxygens (including phenoxy) is 1. The van der Waals surface area contributed by atoms with Crippen molar-refractivity contribution in [2.45, 2.75) is 33.3 Å². The summed E-state index contributed by atoms with van der Waals surface area (Å²) in [7, 11) is 0. The minimum Gasteiger partial charge on any atom is -0.489 e. The third kappa shape index (κ3) is 4.95. The normalized spacial score (nSPS) is 10.4. The smallest absolute Gasteiger partial charge is 0.275 e. The summed E-state index contributed by atoms with van der Waals surface area (Å²) < 4.78 is 5.68. The number of rotatable bonds is 7. The maximum Gasteiger partial charge on any atom is 0.275 e. The standard InChI is InChI=1S/C17H22N4O2/c1-4-9-18-16-11-19-14(10-20-16)17(22)21-13-7-5-6-8-15(13)23-12(2)3/h5-8,10-12H,4,9H2,1-3H3,(H,18,20)(H,21,22). The molecular weight excluding hydrogens is 292 g/mol. The molecule has 0 saturated carbocycles. The average Bonchev–Trinajstić information content (AvgIpc) is 2.54. The van der Waals surface area contributed by atoms with Crippen molar-refractivity contribution in [3.05, 3.63) is 42.4 Å². The highest BCUT2D eigenvalue weighted by Gasteiger charge is 2.12. The molecule has 0 unspecified atom stereocenters. The minimum atomic E-state index is -0.320. The van der Waals surface area contributed by atoms with Crippen molar-refractivity contribution in [2.75, 3.05) is 17.2 Å². The van der Waals surface area contributed by atoms with Gasteiger partial charge in [0.05, 0.1) is 24.2 Å². The minimum absolute atomic E-state index is 0.0248. The number of carbonyl (C=O) groups excluding carboxylic acids is 1. The summed E-state index contributed by atoms with van der Waals surface area (Å²) in [4.78, 5) is 20.6. The van der Waals surface area contributed by atoms with Crippen LogP contribution in [0.15, 0.2) is 36.7 Å². The predicted octanol–water partition coefficient (Wildman–Crippen LogP) is 3.34. The lowest BCUT2D eigenvalue weighted by atomic mass is 10.2. The van der Waals surface area contributed by atoms with Gasteiger partial charge in [0.1, 0.15) is 17.3 Å². The van der Waals surface area contributed by atoms with Crippen LogP contribution < -0.4 is 15.4 Å². The summed E-state index contributed by atoms with van der Waals surface area (Å²) in [5.74, 6) is 0.969. The molecule has 1 aromatic heterocycles. The molecule has 1 aromatic carbocycles. The van der Waals surface area contributed by atoms with Crippen LogP contribution in [-0.4, -0.2) is 28.5 Å². The molecule has 1 heterocycles. The van der Waals surface area contributed by atoms with Gasteiger partial charge in [-0.3, -0.25) is 4.79 Å².